The number of unbranched alkanes of at least 4 members (excludes halogenated alkanes) is 1. The average molecular weight is 292 g/mol. The summed E-state index contributed by atoms with van der Waals surface area (Å²) in [5, 5.41) is 3.92. The first-order valence-electron chi connectivity index (χ1n) is 6.47. The highest BCUT2D eigenvalue weighted by atomic mass is 19.4. The molecule has 8 heteroatoms. The first-order valence-corrected chi connectivity index (χ1v) is 6.47. The number of aromatic nitrogens is 2. The number of nitrogens with two attached hydrogens (primary N) is 1. The summed E-state index contributed by atoms with van der Waals surface area (Å²) in [5.74, 6) is -0.777. The zero-order valence-corrected chi connectivity index (χ0v) is 11.6. The quantitative estimate of drug-likeness (QED) is 0.875. The van der Waals surface area contributed by atoms with Crippen molar-refractivity contribution in [3.63, 3.8) is 0 Å². The molecule has 0 aliphatic carbocycles. The van der Waals surface area contributed by atoms with Crippen molar-refractivity contribution in [2.45, 2.75) is 39.4 Å². The van der Waals surface area contributed by atoms with Crippen LogP contribution >= 0.6 is 0 Å². The van der Waals surface area contributed by atoms with Gasteiger partial charge in [0.2, 0.25) is 0 Å². The molecule has 1 heterocycles. The number of halogens is 3. The molecule has 0 bridgehead atoms. The minimum absolute atomic E-state index is 0.0350. The van der Waals surface area contributed by atoms with E-state index in [4.69, 9.17) is 5.73 Å². The Bertz CT molecular complexity index is 456. The van der Waals surface area contributed by atoms with Crippen LogP contribution in [0.1, 0.15) is 37.2 Å². The molecule has 0 saturated carbocycles. The third-order valence-corrected chi connectivity index (χ3v) is 2.76. The van der Waals surface area contributed by atoms with Gasteiger partial charge >= 0.3 is 6.18 Å². The van der Waals surface area contributed by atoms with Crippen molar-refractivity contribution in [1.82, 2.24) is 14.7 Å². The molecule has 20 heavy (non-hydrogen) atoms. The molecular weight excluding hydrogens is 273 g/mol. The van der Waals surface area contributed by atoms with Gasteiger partial charge in [0, 0.05) is 19.3 Å². The number of hydrogen-bond donors (Lipinski definition) is 1. The van der Waals surface area contributed by atoms with Gasteiger partial charge < -0.3 is 10.6 Å². The van der Waals surface area contributed by atoms with Gasteiger partial charge in [-0.15, -0.1) is 0 Å². The van der Waals surface area contributed by atoms with Crippen molar-refractivity contribution in [1.29, 1.82) is 0 Å². The molecule has 0 aliphatic heterocycles. The SMILES string of the molecule is CCCCN(CC(F)(F)F)C(=O)c1nn(CC)cc1N. The summed E-state index contributed by atoms with van der Waals surface area (Å²) in [7, 11) is 0. The lowest BCUT2D eigenvalue weighted by Gasteiger charge is -2.23. The van der Waals surface area contributed by atoms with Crippen LogP contribution in [-0.2, 0) is 6.54 Å². The van der Waals surface area contributed by atoms with E-state index >= 15 is 0 Å². The molecule has 5 nitrogen and oxygen atoms in total. The van der Waals surface area contributed by atoms with Crippen molar-refractivity contribution >= 4 is 11.6 Å². The minimum atomic E-state index is -4.44. The standard InChI is InChI=1S/C12H19F3N4O/c1-3-5-6-18(8-12(13,14)15)11(20)10-9(16)7-19(4-2)17-10/h7H,3-6,8,16H2,1-2H3. The molecular formula is C12H19F3N4O. The summed E-state index contributed by atoms with van der Waals surface area (Å²) >= 11 is 0. The van der Waals surface area contributed by atoms with Crippen LogP contribution in [-0.4, -0.2) is 39.9 Å². The maximum Gasteiger partial charge on any atom is 0.406 e. The molecule has 0 unspecified atom stereocenters. The first kappa shape index (κ1) is 16.3. The molecule has 1 rings (SSSR count). The zero-order valence-electron chi connectivity index (χ0n) is 11.6. The molecule has 0 atom stereocenters. The lowest BCUT2D eigenvalue weighted by Crippen LogP contribution is -2.40. The minimum Gasteiger partial charge on any atom is -0.396 e. The molecule has 0 saturated heterocycles. The van der Waals surface area contributed by atoms with Gasteiger partial charge in [-0.1, -0.05) is 13.3 Å². The Kier molecular flexibility index (Phi) is 5.41. The number of nitrogens with zero attached hydrogens (tertiary/aromatic N) is 3. The number of amides is 1. The topological polar surface area (TPSA) is 64.2 Å². The number of nitrogen functional groups attached to an aromatic ring is 1. The van der Waals surface area contributed by atoms with Crippen molar-refractivity contribution in [2.24, 2.45) is 0 Å². The number of carbonyl (C=O) groups excluding carboxylic acids is 1. The molecule has 2 N–H and O–H groups in total. The number of hydrogen-bond acceptors (Lipinski definition) is 3. The number of carbonyl (C=O) groups is 1. The molecule has 0 aliphatic rings. The van der Waals surface area contributed by atoms with Crippen LogP contribution in [0.3, 0.4) is 0 Å². The van der Waals surface area contributed by atoms with E-state index in [-0.39, 0.29) is 17.9 Å². The summed E-state index contributed by atoms with van der Waals surface area (Å²) in [6.45, 7) is 2.88. The molecule has 1 aromatic rings. The van der Waals surface area contributed by atoms with Gasteiger partial charge in [0.25, 0.3) is 5.91 Å². The Morgan fingerprint density at radius 1 is 1.45 bits per heavy atom. The number of rotatable bonds is 6. The highest BCUT2D eigenvalue weighted by Gasteiger charge is 2.34. The van der Waals surface area contributed by atoms with Gasteiger partial charge in [-0.2, -0.15) is 18.3 Å². The fourth-order valence-corrected chi connectivity index (χ4v) is 1.73. The van der Waals surface area contributed by atoms with Gasteiger partial charge in [-0.05, 0) is 13.3 Å². The van der Waals surface area contributed by atoms with E-state index in [9.17, 15) is 18.0 Å². The summed E-state index contributed by atoms with van der Waals surface area (Å²) < 4.78 is 39.0. The second kappa shape index (κ2) is 6.62. The molecule has 0 aromatic carbocycles. The third-order valence-electron chi connectivity index (χ3n) is 2.76. The largest absolute Gasteiger partial charge is 0.406 e. The Hall–Kier alpha value is -1.73. The Labute approximate surface area is 115 Å². The number of aryl methyl sites for hydroxylation is 1. The van der Waals surface area contributed by atoms with E-state index in [0.29, 0.717) is 19.4 Å². The molecule has 1 aromatic heterocycles. The van der Waals surface area contributed by atoms with E-state index in [1.165, 1.54) is 10.9 Å². The van der Waals surface area contributed by atoms with E-state index in [1.807, 2.05) is 6.92 Å². The van der Waals surface area contributed by atoms with E-state index < -0.39 is 18.6 Å². The Morgan fingerprint density at radius 3 is 2.55 bits per heavy atom. The van der Waals surface area contributed by atoms with Crippen LogP contribution in [0.5, 0.6) is 0 Å². The number of anilines is 1. The first-order chi connectivity index (χ1) is 9.28. The van der Waals surface area contributed by atoms with E-state index in [2.05, 4.69) is 5.10 Å². The fraction of sp³-hybridized carbons (Fsp3) is 0.667. The normalized spacial score (nSPS) is 11.7. The predicted molar refractivity (Wildman–Crippen MR) is 69.2 cm³/mol. The molecule has 0 fully saturated rings. The molecule has 114 valence electrons. The maximum absolute atomic E-state index is 12.5. The Morgan fingerprint density at radius 2 is 2.10 bits per heavy atom. The van der Waals surface area contributed by atoms with Crippen molar-refractivity contribution in [3.8, 4) is 0 Å². The van der Waals surface area contributed by atoms with Crippen molar-refractivity contribution < 1.29 is 18.0 Å². The summed E-state index contributed by atoms with van der Waals surface area (Å²) in [6, 6.07) is 0. The van der Waals surface area contributed by atoms with Gasteiger partial charge in [0.1, 0.15) is 6.54 Å². The lowest BCUT2D eigenvalue weighted by atomic mass is 10.2. The fourth-order valence-electron chi connectivity index (χ4n) is 1.73. The highest BCUT2D eigenvalue weighted by molar-refractivity contribution is 5.97. The van der Waals surface area contributed by atoms with Crippen LogP contribution < -0.4 is 5.73 Å². The van der Waals surface area contributed by atoms with E-state index in [1.54, 1.807) is 6.92 Å². The van der Waals surface area contributed by atoms with Crippen LogP contribution in [0.25, 0.3) is 0 Å². The van der Waals surface area contributed by atoms with Crippen molar-refractivity contribution in [2.75, 3.05) is 18.8 Å². The molecule has 1 amide bonds. The zero-order chi connectivity index (χ0) is 15.3. The van der Waals surface area contributed by atoms with Crippen LogP contribution in [0, 0.1) is 0 Å². The summed E-state index contributed by atoms with van der Waals surface area (Å²) in [6.07, 6.45) is -1.80. The predicted octanol–water partition coefficient (Wildman–Crippen LogP) is 2.29. The van der Waals surface area contributed by atoms with Crippen LogP contribution in [0.2, 0.25) is 0 Å². The highest BCUT2D eigenvalue weighted by Crippen LogP contribution is 2.20. The summed E-state index contributed by atoms with van der Waals surface area (Å²) in [5.41, 5.74) is 5.62. The monoisotopic (exact) mass is 292 g/mol. The second-order valence-electron chi connectivity index (χ2n) is 4.48. The number of alkyl halides is 3. The third kappa shape index (κ3) is 4.43. The van der Waals surface area contributed by atoms with Crippen LogP contribution in [0.15, 0.2) is 6.20 Å². The van der Waals surface area contributed by atoms with Crippen LogP contribution in [0.4, 0.5) is 18.9 Å². The smallest absolute Gasteiger partial charge is 0.396 e. The van der Waals surface area contributed by atoms with Gasteiger partial charge in [-0.3, -0.25) is 9.48 Å². The molecule has 0 radical (unpaired) electrons. The van der Waals surface area contributed by atoms with Gasteiger partial charge in [0.15, 0.2) is 5.69 Å². The van der Waals surface area contributed by atoms with Gasteiger partial charge in [-0.25, -0.2) is 0 Å². The summed E-state index contributed by atoms with van der Waals surface area (Å²) in [4.78, 5) is 12.9. The van der Waals surface area contributed by atoms with Gasteiger partial charge in [0.05, 0.1) is 5.69 Å². The maximum atomic E-state index is 12.5. The van der Waals surface area contributed by atoms with E-state index in [0.717, 1.165) is 4.90 Å². The second-order valence-corrected chi connectivity index (χ2v) is 4.48. The van der Waals surface area contributed by atoms with Crippen molar-refractivity contribution in [3.05, 3.63) is 11.9 Å². The Balaban J connectivity index is 2.93. The lowest BCUT2D eigenvalue weighted by molar-refractivity contribution is -0.140. The average Bonchev–Trinajstić information content (AvgIpc) is 2.73. The molecule has 0 spiro atoms.